The molecule has 178 valence electrons. The number of fused-ring (bicyclic) bond motifs is 1. The average Bonchev–Trinajstić information content (AvgIpc) is 3.36. The van der Waals surface area contributed by atoms with Gasteiger partial charge in [0.1, 0.15) is 11.5 Å². The van der Waals surface area contributed by atoms with E-state index in [0.29, 0.717) is 47.6 Å². The molecule has 0 aliphatic carbocycles. The van der Waals surface area contributed by atoms with E-state index in [2.05, 4.69) is 34.5 Å². The van der Waals surface area contributed by atoms with Crippen molar-refractivity contribution in [2.24, 2.45) is 0 Å². The molecule has 1 aliphatic rings. The molecule has 0 saturated heterocycles. The zero-order valence-electron chi connectivity index (χ0n) is 18.7. The minimum absolute atomic E-state index is 0.153. The van der Waals surface area contributed by atoms with Crippen LogP contribution in [0.4, 0.5) is 19.0 Å². The number of benzene rings is 1. The van der Waals surface area contributed by atoms with Crippen LogP contribution in [0.15, 0.2) is 30.3 Å². The van der Waals surface area contributed by atoms with Crippen LogP contribution in [-0.4, -0.2) is 44.4 Å². The SMILES string of the molecule is COCCCn1c(-c2cc3n(n2)[C@@H](C(F)(F)F)C[C@H](c2ccc(C(C)C)cc2)N3)n[nH]c1=S. The Morgan fingerprint density at radius 3 is 2.61 bits per heavy atom. The van der Waals surface area contributed by atoms with Gasteiger partial charge in [-0.3, -0.25) is 9.67 Å². The Kier molecular flexibility index (Phi) is 6.62. The molecular formula is C22H27F3N6OS. The van der Waals surface area contributed by atoms with Crippen LogP contribution in [0.2, 0.25) is 0 Å². The van der Waals surface area contributed by atoms with Crippen LogP contribution in [0.5, 0.6) is 0 Å². The summed E-state index contributed by atoms with van der Waals surface area (Å²) >= 11 is 5.30. The number of methoxy groups -OCH3 is 1. The topological polar surface area (TPSA) is 72.7 Å². The Morgan fingerprint density at radius 2 is 1.97 bits per heavy atom. The first-order chi connectivity index (χ1) is 15.7. The van der Waals surface area contributed by atoms with Crippen LogP contribution in [0.25, 0.3) is 11.5 Å². The molecule has 0 fully saturated rings. The summed E-state index contributed by atoms with van der Waals surface area (Å²) < 4.78 is 50.3. The molecule has 0 bridgehead atoms. The Labute approximate surface area is 195 Å². The monoisotopic (exact) mass is 480 g/mol. The molecule has 7 nitrogen and oxygen atoms in total. The van der Waals surface area contributed by atoms with E-state index >= 15 is 0 Å². The molecule has 0 spiro atoms. The van der Waals surface area contributed by atoms with Gasteiger partial charge < -0.3 is 10.1 Å². The van der Waals surface area contributed by atoms with Crippen LogP contribution in [0.1, 0.15) is 55.8 Å². The van der Waals surface area contributed by atoms with Gasteiger partial charge in [-0.2, -0.15) is 23.4 Å². The molecule has 3 aromatic rings. The number of halogens is 3. The first-order valence-corrected chi connectivity index (χ1v) is 11.3. The van der Waals surface area contributed by atoms with Crippen molar-refractivity contribution in [2.45, 2.75) is 57.4 Å². The second-order valence-corrected chi connectivity index (χ2v) is 8.91. The molecule has 0 saturated carbocycles. The van der Waals surface area contributed by atoms with Crippen molar-refractivity contribution in [3.8, 4) is 11.5 Å². The predicted octanol–water partition coefficient (Wildman–Crippen LogP) is 5.62. The minimum atomic E-state index is -4.44. The van der Waals surface area contributed by atoms with E-state index in [-0.39, 0.29) is 6.42 Å². The number of hydrogen-bond acceptors (Lipinski definition) is 5. The van der Waals surface area contributed by atoms with Gasteiger partial charge in [0, 0.05) is 32.7 Å². The summed E-state index contributed by atoms with van der Waals surface area (Å²) in [7, 11) is 1.61. The number of H-pyrrole nitrogens is 1. The fraction of sp³-hybridized carbons (Fsp3) is 0.500. The van der Waals surface area contributed by atoms with Gasteiger partial charge in [-0.1, -0.05) is 38.1 Å². The first-order valence-electron chi connectivity index (χ1n) is 10.9. The summed E-state index contributed by atoms with van der Waals surface area (Å²) in [6.07, 6.45) is -3.92. The maximum absolute atomic E-state index is 14.0. The fourth-order valence-electron chi connectivity index (χ4n) is 4.10. The lowest BCUT2D eigenvalue weighted by Crippen LogP contribution is -2.35. The van der Waals surface area contributed by atoms with Gasteiger partial charge in [0.15, 0.2) is 16.6 Å². The summed E-state index contributed by atoms with van der Waals surface area (Å²) in [5.41, 5.74) is 2.28. The highest BCUT2D eigenvalue weighted by Gasteiger charge is 2.46. The second kappa shape index (κ2) is 9.30. The van der Waals surface area contributed by atoms with Crippen molar-refractivity contribution >= 4 is 18.0 Å². The zero-order valence-corrected chi connectivity index (χ0v) is 19.5. The van der Waals surface area contributed by atoms with E-state index in [4.69, 9.17) is 17.0 Å². The lowest BCUT2D eigenvalue weighted by atomic mass is 9.94. The maximum Gasteiger partial charge on any atom is 0.410 e. The van der Waals surface area contributed by atoms with Gasteiger partial charge in [-0.15, -0.1) is 0 Å². The highest BCUT2D eigenvalue weighted by molar-refractivity contribution is 7.71. The van der Waals surface area contributed by atoms with Crippen molar-refractivity contribution in [2.75, 3.05) is 19.0 Å². The average molecular weight is 481 g/mol. The smallest absolute Gasteiger partial charge is 0.385 e. The van der Waals surface area contributed by atoms with Gasteiger partial charge in [0.2, 0.25) is 0 Å². The highest BCUT2D eigenvalue weighted by atomic mass is 32.1. The Bertz CT molecular complexity index is 1150. The third kappa shape index (κ3) is 4.84. The molecule has 4 rings (SSSR count). The number of aromatic amines is 1. The number of alkyl halides is 3. The number of rotatable bonds is 7. The lowest BCUT2D eigenvalue weighted by molar-refractivity contribution is -0.173. The fourth-order valence-corrected chi connectivity index (χ4v) is 4.33. The van der Waals surface area contributed by atoms with E-state index in [1.165, 1.54) is 0 Å². The Hall–Kier alpha value is -2.66. The Balaban J connectivity index is 1.68. The summed E-state index contributed by atoms with van der Waals surface area (Å²) in [5.74, 6) is 1.05. The Morgan fingerprint density at radius 1 is 1.24 bits per heavy atom. The molecule has 0 radical (unpaired) electrons. The molecule has 33 heavy (non-hydrogen) atoms. The van der Waals surface area contributed by atoms with Gasteiger partial charge in [0.05, 0.1) is 6.04 Å². The van der Waals surface area contributed by atoms with Gasteiger partial charge in [-0.05, 0) is 35.7 Å². The number of anilines is 1. The van der Waals surface area contributed by atoms with Gasteiger partial charge in [0.25, 0.3) is 0 Å². The van der Waals surface area contributed by atoms with Gasteiger partial charge in [-0.25, -0.2) is 4.68 Å². The largest absolute Gasteiger partial charge is 0.410 e. The third-order valence-corrected chi connectivity index (χ3v) is 6.22. The zero-order chi connectivity index (χ0) is 23.8. The number of aromatic nitrogens is 5. The highest BCUT2D eigenvalue weighted by Crippen LogP contribution is 2.44. The molecular weight excluding hydrogens is 453 g/mol. The molecule has 2 N–H and O–H groups in total. The van der Waals surface area contributed by atoms with E-state index in [1.54, 1.807) is 17.7 Å². The molecule has 0 amide bonds. The van der Waals surface area contributed by atoms with Crippen molar-refractivity contribution < 1.29 is 17.9 Å². The molecule has 2 atom stereocenters. The predicted molar refractivity (Wildman–Crippen MR) is 122 cm³/mol. The van der Waals surface area contributed by atoms with Crippen molar-refractivity contribution in [3.63, 3.8) is 0 Å². The molecule has 1 aliphatic heterocycles. The molecule has 0 unspecified atom stereocenters. The molecule has 2 aromatic heterocycles. The minimum Gasteiger partial charge on any atom is -0.385 e. The molecule has 11 heteroatoms. The number of hydrogen-bond donors (Lipinski definition) is 2. The maximum atomic E-state index is 14.0. The summed E-state index contributed by atoms with van der Waals surface area (Å²) in [4.78, 5) is 0. The third-order valence-electron chi connectivity index (χ3n) is 5.91. The molecule has 3 heterocycles. The van der Waals surface area contributed by atoms with Crippen LogP contribution in [-0.2, 0) is 11.3 Å². The quantitative estimate of drug-likeness (QED) is 0.339. The van der Waals surface area contributed by atoms with E-state index < -0.39 is 18.3 Å². The second-order valence-electron chi connectivity index (χ2n) is 8.52. The van der Waals surface area contributed by atoms with Crippen LogP contribution in [0, 0.1) is 4.77 Å². The standard InChI is InChI=1S/C22H27F3N6OS/c1-13(2)14-5-7-15(8-6-14)16-11-18(22(23,24)25)31-19(26-16)12-17(29-31)20-27-28-21(33)30(20)9-4-10-32-3/h5-8,12-13,16,18,26H,4,9-11H2,1-3H3,(H,28,33)/t16-,18-/m1/s1. The number of ether oxygens (including phenoxy) is 1. The van der Waals surface area contributed by atoms with Crippen molar-refractivity contribution in [1.29, 1.82) is 0 Å². The molecule has 1 aromatic carbocycles. The van der Waals surface area contributed by atoms with E-state index in [0.717, 1.165) is 15.8 Å². The summed E-state index contributed by atoms with van der Waals surface area (Å²) in [6.45, 7) is 5.21. The van der Waals surface area contributed by atoms with Crippen molar-refractivity contribution in [1.82, 2.24) is 24.5 Å². The van der Waals surface area contributed by atoms with Crippen LogP contribution >= 0.6 is 12.2 Å². The van der Waals surface area contributed by atoms with Gasteiger partial charge >= 0.3 is 6.18 Å². The van der Waals surface area contributed by atoms with Crippen molar-refractivity contribution in [3.05, 3.63) is 46.2 Å². The lowest BCUT2D eigenvalue weighted by Gasteiger charge is -2.33. The summed E-state index contributed by atoms with van der Waals surface area (Å²) in [5, 5.41) is 14.5. The van der Waals surface area contributed by atoms with Crippen LogP contribution in [0.3, 0.4) is 0 Å². The van der Waals surface area contributed by atoms with E-state index in [9.17, 15) is 13.2 Å². The summed E-state index contributed by atoms with van der Waals surface area (Å²) in [6, 6.07) is 7.10. The van der Waals surface area contributed by atoms with E-state index in [1.807, 2.05) is 24.3 Å². The first kappa shape index (κ1) is 23.5. The number of nitrogens with one attached hydrogen (secondary N) is 2. The van der Waals surface area contributed by atoms with Crippen LogP contribution < -0.4 is 5.32 Å². The number of nitrogens with zero attached hydrogens (tertiary/aromatic N) is 4. The normalized spacial score (nSPS) is 18.4.